The maximum Gasteiger partial charge on any atom is 0.303 e. The maximum absolute atomic E-state index is 14.4. The fourth-order valence-electron chi connectivity index (χ4n) is 4.67. The van der Waals surface area contributed by atoms with Crippen LogP contribution in [0.3, 0.4) is 0 Å². The third-order valence-corrected chi connectivity index (χ3v) is 6.52. The lowest BCUT2D eigenvalue weighted by atomic mass is 9.98. The highest BCUT2D eigenvalue weighted by Gasteiger charge is 2.53. The molecule has 1 aliphatic rings. The zero-order valence-corrected chi connectivity index (χ0v) is 25.0. The van der Waals surface area contributed by atoms with Gasteiger partial charge >= 0.3 is 23.9 Å². The lowest BCUT2D eigenvalue weighted by Gasteiger charge is -2.43. The maximum atomic E-state index is 14.4. The molecule has 13 heteroatoms. The molecule has 0 bridgehead atoms. The first-order valence-electron chi connectivity index (χ1n) is 13.5. The van der Waals surface area contributed by atoms with E-state index in [1.165, 1.54) is 13.0 Å². The molecule has 1 aliphatic heterocycles. The molecular weight excluding hydrogens is 555 g/mol. The Balaban J connectivity index is 2.09. The number of nitrogens with zero attached hydrogens (tertiary/aromatic N) is 2. The molecule has 1 aromatic carbocycles. The van der Waals surface area contributed by atoms with Crippen molar-refractivity contribution in [3.8, 4) is 5.88 Å². The normalized spacial score (nSPS) is 21.9. The van der Waals surface area contributed by atoms with E-state index >= 15 is 0 Å². The summed E-state index contributed by atoms with van der Waals surface area (Å²) in [4.78, 5) is 47.9. The van der Waals surface area contributed by atoms with Crippen LogP contribution in [0.25, 0.3) is 0 Å². The quantitative estimate of drug-likeness (QED) is 0.296. The van der Waals surface area contributed by atoms with E-state index in [4.69, 9.17) is 28.4 Å². The molecule has 3 rings (SSSR count). The van der Waals surface area contributed by atoms with E-state index in [-0.39, 0.29) is 24.2 Å². The summed E-state index contributed by atoms with van der Waals surface area (Å²) in [6.45, 7) is 11.6. The number of hydrogen-bond donors (Lipinski definition) is 0. The van der Waals surface area contributed by atoms with E-state index in [1.54, 1.807) is 23.7 Å². The second-order valence-electron chi connectivity index (χ2n) is 10.4. The van der Waals surface area contributed by atoms with E-state index in [0.717, 1.165) is 26.5 Å². The Kier molecular flexibility index (Phi) is 10.7. The first-order chi connectivity index (χ1) is 19.7. The van der Waals surface area contributed by atoms with Crippen molar-refractivity contribution < 1.29 is 52.0 Å². The Morgan fingerprint density at radius 2 is 1.52 bits per heavy atom. The minimum Gasteiger partial charge on any atom is -0.463 e. The minimum atomic E-state index is -1.45. The van der Waals surface area contributed by atoms with Crippen LogP contribution in [0.15, 0.2) is 18.2 Å². The Hall–Kier alpha value is -4.00. The summed E-state index contributed by atoms with van der Waals surface area (Å²) in [7, 11) is 0. The predicted octanol–water partition coefficient (Wildman–Crippen LogP) is 3.27. The second-order valence-corrected chi connectivity index (χ2v) is 10.4. The minimum absolute atomic E-state index is 0.0775. The first kappa shape index (κ1) is 32.5. The van der Waals surface area contributed by atoms with Crippen LogP contribution in [-0.4, -0.2) is 71.0 Å². The van der Waals surface area contributed by atoms with Gasteiger partial charge in [0.2, 0.25) is 18.3 Å². The summed E-state index contributed by atoms with van der Waals surface area (Å²) in [6, 6.07) is 4.82. The molecule has 2 heterocycles. The van der Waals surface area contributed by atoms with Crippen molar-refractivity contribution in [2.24, 2.45) is 0 Å². The summed E-state index contributed by atoms with van der Waals surface area (Å²) < 4.78 is 49.9. The van der Waals surface area contributed by atoms with Crippen molar-refractivity contribution in [2.75, 3.05) is 6.61 Å². The van der Waals surface area contributed by atoms with Crippen molar-refractivity contribution in [1.82, 2.24) is 9.78 Å². The highest BCUT2D eigenvalue weighted by molar-refractivity contribution is 5.68. The summed E-state index contributed by atoms with van der Waals surface area (Å²) >= 11 is 0. The fraction of sp³-hybridized carbons (Fsp3) is 0.552. The molecular formula is C29H37FN2O10. The molecule has 230 valence electrons. The number of esters is 4. The van der Waals surface area contributed by atoms with Crippen LogP contribution in [0.1, 0.15) is 70.0 Å². The van der Waals surface area contributed by atoms with Gasteiger partial charge < -0.3 is 28.4 Å². The number of aromatic nitrogens is 2. The van der Waals surface area contributed by atoms with Gasteiger partial charge in [-0.3, -0.25) is 23.9 Å². The molecule has 1 aromatic heterocycles. The topological polar surface area (TPSA) is 141 Å². The van der Waals surface area contributed by atoms with Gasteiger partial charge in [-0.1, -0.05) is 12.1 Å². The molecule has 0 radical (unpaired) electrons. The third kappa shape index (κ3) is 8.05. The van der Waals surface area contributed by atoms with Gasteiger partial charge in [-0.2, -0.15) is 0 Å². The van der Waals surface area contributed by atoms with E-state index in [0.29, 0.717) is 16.7 Å². The Labute approximate surface area is 243 Å². The van der Waals surface area contributed by atoms with Gasteiger partial charge in [-0.15, -0.1) is 5.10 Å². The van der Waals surface area contributed by atoms with Crippen LogP contribution in [-0.2, 0) is 49.3 Å². The van der Waals surface area contributed by atoms with Crippen LogP contribution >= 0.6 is 0 Å². The highest BCUT2D eigenvalue weighted by atomic mass is 19.1. The molecule has 0 unspecified atom stereocenters. The molecule has 0 spiro atoms. The largest absolute Gasteiger partial charge is 0.463 e. The van der Waals surface area contributed by atoms with Gasteiger partial charge in [0.05, 0.1) is 0 Å². The number of rotatable bonds is 10. The van der Waals surface area contributed by atoms with Gasteiger partial charge in [-0.25, -0.2) is 4.39 Å². The molecule has 5 atom stereocenters. The van der Waals surface area contributed by atoms with Gasteiger partial charge in [0.25, 0.3) is 0 Å². The van der Waals surface area contributed by atoms with Gasteiger partial charge in [0.15, 0.2) is 12.2 Å². The molecule has 12 nitrogen and oxygen atoms in total. The number of aryl methyl sites for hydroxylation is 1. The summed E-state index contributed by atoms with van der Waals surface area (Å²) in [6.07, 6.45) is -6.51. The van der Waals surface area contributed by atoms with Crippen LogP contribution in [0.4, 0.5) is 4.39 Å². The van der Waals surface area contributed by atoms with Gasteiger partial charge in [0.1, 0.15) is 18.5 Å². The van der Waals surface area contributed by atoms with Crippen LogP contribution in [0.2, 0.25) is 0 Å². The molecule has 1 saturated heterocycles. The van der Waals surface area contributed by atoms with E-state index in [1.807, 2.05) is 20.8 Å². The lowest BCUT2D eigenvalue weighted by Crippen LogP contribution is -2.63. The summed E-state index contributed by atoms with van der Waals surface area (Å²) in [5.74, 6) is -3.15. The summed E-state index contributed by atoms with van der Waals surface area (Å²) in [5.41, 5.74) is 2.52. The van der Waals surface area contributed by atoms with E-state index < -0.39 is 61.2 Å². The Morgan fingerprint density at radius 1 is 0.929 bits per heavy atom. The number of benzene rings is 1. The van der Waals surface area contributed by atoms with E-state index in [9.17, 15) is 23.6 Å². The van der Waals surface area contributed by atoms with Crippen molar-refractivity contribution in [3.63, 3.8) is 0 Å². The summed E-state index contributed by atoms with van der Waals surface area (Å²) in [5, 5.41) is 4.61. The van der Waals surface area contributed by atoms with Gasteiger partial charge in [-0.05, 0) is 44.9 Å². The van der Waals surface area contributed by atoms with Crippen molar-refractivity contribution in [2.45, 2.75) is 98.6 Å². The Morgan fingerprint density at radius 3 is 2.07 bits per heavy atom. The fourth-order valence-corrected chi connectivity index (χ4v) is 4.67. The molecule has 0 amide bonds. The zero-order valence-electron chi connectivity index (χ0n) is 25.0. The monoisotopic (exact) mass is 592 g/mol. The first-order valence-corrected chi connectivity index (χ1v) is 13.5. The lowest BCUT2D eigenvalue weighted by molar-refractivity contribution is -0.289. The van der Waals surface area contributed by atoms with E-state index in [2.05, 4.69) is 5.10 Å². The van der Waals surface area contributed by atoms with Crippen LogP contribution in [0, 0.1) is 19.7 Å². The Bertz CT molecular complexity index is 1320. The molecule has 42 heavy (non-hydrogen) atoms. The number of hydrogen-bond acceptors (Lipinski definition) is 11. The third-order valence-electron chi connectivity index (χ3n) is 6.52. The number of ether oxygens (including phenoxy) is 6. The molecule has 0 N–H and O–H groups in total. The molecule has 0 aliphatic carbocycles. The molecule has 0 saturated carbocycles. The van der Waals surface area contributed by atoms with Crippen molar-refractivity contribution in [3.05, 3.63) is 46.4 Å². The molecule has 2 aromatic rings. The number of carbonyl (C=O) groups excluding carboxylic acids is 4. The van der Waals surface area contributed by atoms with Crippen molar-refractivity contribution >= 4 is 23.9 Å². The number of carbonyl (C=O) groups is 4. The smallest absolute Gasteiger partial charge is 0.303 e. The highest BCUT2D eigenvalue weighted by Crippen LogP contribution is 2.34. The van der Waals surface area contributed by atoms with Crippen molar-refractivity contribution in [1.29, 1.82) is 0 Å². The standard InChI is InChI=1S/C29H37FN2O10/c1-14(2)32-16(4)22(11-21-10-9-15(3)23(30)12-21)28(31-32)42-29-27(40-20(8)36)26(39-19(7)35)25(38-18(6)34)24(41-29)13-37-17(5)33/h9-10,12,14,24-27,29H,11,13H2,1-8H3/t24-,25-,26+,27-,29+/m1/s1. The zero-order chi connectivity index (χ0) is 31.3. The molecule has 1 fully saturated rings. The SMILES string of the molecule is CC(=O)OC[C@H]1O[C@@H](Oc2nn(C(C)C)c(C)c2Cc2ccc(C)c(F)c2)[C@H](OC(C)=O)[C@@H](OC(C)=O)[C@@H]1OC(C)=O. The number of halogens is 1. The predicted molar refractivity (Wildman–Crippen MR) is 144 cm³/mol. The van der Waals surface area contributed by atoms with Gasteiger partial charge in [0, 0.05) is 51.4 Å². The van der Waals surface area contributed by atoms with Crippen LogP contribution in [0.5, 0.6) is 5.88 Å². The average Bonchev–Trinajstić information content (AvgIpc) is 3.18. The average molecular weight is 593 g/mol. The van der Waals surface area contributed by atoms with Crippen LogP contribution < -0.4 is 4.74 Å². The second kappa shape index (κ2) is 13.8.